The number of aliphatic imine (C=N–C) groups is 1. The van der Waals surface area contributed by atoms with E-state index in [1.54, 1.807) is 7.05 Å². The fourth-order valence-corrected chi connectivity index (χ4v) is 3.67. The van der Waals surface area contributed by atoms with Gasteiger partial charge >= 0.3 is 0 Å². The summed E-state index contributed by atoms with van der Waals surface area (Å²) in [6, 6.07) is 6.69. The fraction of sp³-hybridized carbons (Fsp3) is 0.636. The van der Waals surface area contributed by atoms with Gasteiger partial charge in [-0.3, -0.25) is 9.79 Å². The second-order valence-electron chi connectivity index (χ2n) is 7.83. The molecule has 1 fully saturated rings. The van der Waals surface area contributed by atoms with Crippen molar-refractivity contribution in [1.82, 2.24) is 16.0 Å². The Morgan fingerprint density at radius 1 is 1.31 bits per heavy atom. The molecule has 1 aliphatic rings. The summed E-state index contributed by atoms with van der Waals surface area (Å²) in [5.41, 5.74) is 2.32. The fourth-order valence-electron chi connectivity index (χ4n) is 3.67. The molecule has 3 N–H and O–H groups in total. The van der Waals surface area contributed by atoms with Gasteiger partial charge in [-0.15, -0.1) is 24.0 Å². The molecule has 1 aromatic rings. The van der Waals surface area contributed by atoms with Crippen molar-refractivity contribution in [3.05, 3.63) is 29.3 Å². The third kappa shape index (κ3) is 8.40. The zero-order chi connectivity index (χ0) is 20.5. The van der Waals surface area contributed by atoms with E-state index in [1.165, 1.54) is 5.56 Å². The van der Waals surface area contributed by atoms with Crippen LogP contribution < -0.4 is 20.7 Å². The normalized spacial score (nSPS) is 19.3. The molecule has 0 heterocycles. The van der Waals surface area contributed by atoms with Gasteiger partial charge in [0.1, 0.15) is 5.75 Å². The first-order chi connectivity index (χ1) is 13.4. The van der Waals surface area contributed by atoms with E-state index in [0.29, 0.717) is 13.2 Å². The van der Waals surface area contributed by atoms with Gasteiger partial charge in [-0.2, -0.15) is 0 Å². The van der Waals surface area contributed by atoms with E-state index < -0.39 is 0 Å². The first kappa shape index (κ1) is 25.5. The van der Waals surface area contributed by atoms with Crippen LogP contribution in [-0.4, -0.2) is 37.6 Å². The third-order valence-corrected chi connectivity index (χ3v) is 5.04. The van der Waals surface area contributed by atoms with Crippen LogP contribution in [0.4, 0.5) is 0 Å². The molecule has 1 aromatic carbocycles. The van der Waals surface area contributed by atoms with Crippen molar-refractivity contribution in [3.8, 4) is 5.75 Å². The van der Waals surface area contributed by atoms with Gasteiger partial charge in [-0.1, -0.05) is 18.6 Å². The number of halogens is 1. The monoisotopic (exact) mass is 516 g/mol. The van der Waals surface area contributed by atoms with E-state index in [0.717, 1.165) is 43.0 Å². The molecule has 2 rings (SSSR count). The van der Waals surface area contributed by atoms with Gasteiger partial charge in [0.15, 0.2) is 5.96 Å². The molecular formula is C22H37IN4O2. The van der Waals surface area contributed by atoms with Gasteiger partial charge < -0.3 is 20.7 Å². The zero-order valence-electron chi connectivity index (χ0n) is 18.4. The number of guanidine groups is 1. The Labute approximate surface area is 192 Å². The minimum absolute atomic E-state index is 0. The molecule has 0 radical (unpaired) electrons. The lowest BCUT2D eigenvalue weighted by Crippen LogP contribution is -2.47. The van der Waals surface area contributed by atoms with Crippen molar-refractivity contribution in [3.63, 3.8) is 0 Å². The zero-order valence-corrected chi connectivity index (χ0v) is 20.7. The lowest BCUT2D eigenvalue weighted by Gasteiger charge is -2.30. The van der Waals surface area contributed by atoms with E-state index in [2.05, 4.69) is 40.0 Å². The van der Waals surface area contributed by atoms with Crippen LogP contribution in [0.25, 0.3) is 0 Å². The van der Waals surface area contributed by atoms with Crippen molar-refractivity contribution < 1.29 is 9.53 Å². The predicted octanol–water partition coefficient (Wildman–Crippen LogP) is 3.76. The van der Waals surface area contributed by atoms with E-state index in [9.17, 15) is 4.79 Å². The van der Waals surface area contributed by atoms with Crippen LogP contribution in [-0.2, 0) is 11.3 Å². The number of nitrogens with one attached hydrogen (secondary N) is 3. The first-order valence-corrected chi connectivity index (χ1v) is 10.4. The van der Waals surface area contributed by atoms with Crippen molar-refractivity contribution in [1.29, 1.82) is 0 Å². The van der Waals surface area contributed by atoms with Crippen molar-refractivity contribution in [2.75, 3.05) is 13.7 Å². The maximum absolute atomic E-state index is 12.3. The standard InChI is InChI=1S/C22H36N4O2.HI/c1-6-28-20-11-10-17(12-16(20)4)14-24-22(23-5)26-19-9-7-8-18(13-19)21(27)25-15(2)3;/h10-12,15,18-19H,6-9,13-14H2,1-5H3,(H,25,27)(H2,23,24,26);1H. The summed E-state index contributed by atoms with van der Waals surface area (Å²) < 4.78 is 5.60. The molecule has 7 heteroatoms. The molecule has 1 aliphatic carbocycles. The van der Waals surface area contributed by atoms with Gasteiger partial charge in [0, 0.05) is 31.6 Å². The van der Waals surface area contributed by atoms with Crippen LogP contribution in [0.15, 0.2) is 23.2 Å². The molecule has 1 saturated carbocycles. The molecule has 0 aromatic heterocycles. The Morgan fingerprint density at radius 3 is 2.69 bits per heavy atom. The molecule has 0 saturated heterocycles. The summed E-state index contributed by atoms with van der Waals surface area (Å²) in [6.45, 7) is 9.43. The van der Waals surface area contributed by atoms with Crippen molar-refractivity contribution in [2.24, 2.45) is 10.9 Å². The largest absolute Gasteiger partial charge is 0.494 e. The Kier molecular flexibility index (Phi) is 11.4. The Bertz CT molecular complexity index is 679. The molecule has 1 amide bonds. The second-order valence-corrected chi connectivity index (χ2v) is 7.83. The van der Waals surface area contributed by atoms with Gasteiger partial charge in [-0.05, 0) is 64.2 Å². The van der Waals surface area contributed by atoms with E-state index in [4.69, 9.17) is 4.74 Å². The van der Waals surface area contributed by atoms with Crippen molar-refractivity contribution in [2.45, 2.75) is 72.0 Å². The molecular weight excluding hydrogens is 479 g/mol. The molecule has 29 heavy (non-hydrogen) atoms. The molecule has 0 bridgehead atoms. The minimum Gasteiger partial charge on any atom is -0.494 e. The SMILES string of the molecule is CCOc1ccc(CNC(=NC)NC2CCCC(C(=O)NC(C)C)C2)cc1C.I. The average molecular weight is 516 g/mol. The maximum atomic E-state index is 12.3. The quantitative estimate of drug-likeness (QED) is 0.293. The lowest BCUT2D eigenvalue weighted by molar-refractivity contribution is -0.126. The molecule has 6 nitrogen and oxygen atoms in total. The number of hydrogen-bond acceptors (Lipinski definition) is 3. The summed E-state index contributed by atoms with van der Waals surface area (Å²) in [6.07, 6.45) is 3.94. The summed E-state index contributed by atoms with van der Waals surface area (Å²) >= 11 is 0. The highest BCUT2D eigenvalue weighted by atomic mass is 127. The highest BCUT2D eigenvalue weighted by molar-refractivity contribution is 14.0. The summed E-state index contributed by atoms with van der Waals surface area (Å²) in [5.74, 6) is 1.97. The number of nitrogens with zero attached hydrogens (tertiary/aromatic N) is 1. The lowest BCUT2D eigenvalue weighted by atomic mass is 9.85. The van der Waals surface area contributed by atoms with Crippen molar-refractivity contribution >= 4 is 35.8 Å². The van der Waals surface area contributed by atoms with Crippen LogP contribution in [0.3, 0.4) is 0 Å². The van der Waals surface area contributed by atoms with Gasteiger partial charge in [0.05, 0.1) is 6.61 Å². The van der Waals surface area contributed by atoms with Gasteiger partial charge in [-0.25, -0.2) is 0 Å². The Hall–Kier alpha value is -1.51. The van der Waals surface area contributed by atoms with Crippen LogP contribution in [0.5, 0.6) is 5.75 Å². The number of carbonyl (C=O) groups excluding carboxylic acids is 1. The van der Waals surface area contributed by atoms with Crippen LogP contribution in [0, 0.1) is 12.8 Å². The first-order valence-electron chi connectivity index (χ1n) is 10.4. The number of ether oxygens (including phenoxy) is 1. The number of aryl methyl sites for hydroxylation is 1. The smallest absolute Gasteiger partial charge is 0.223 e. The predicted molar refractivity (Wildman–Crippen MR) is 130 cm³/mol. The third-order valence-electron chi connectivity index (χ3n) is 5.04. The summed E-state index contributed by atoms with van der Waals surface area (Å²) in [7, 11) is 1.78. The Morgan fingerprint density at radius 2 is 2.07 bits per heavy atom. The number of amides is 1. The summed E-state index contributed by atoms with van der Waals surface area (Å²) in [4.78, 5) is 16.7. The van der Waals surface area contributed by atoms with Crippen LogP contribution >= 0.6 is 24.0 Å². The highest BCUT2D eigenvalue weighted by Gasteiger charge is 2.27. The maximum Gasteiger partial charge on any atom is 0.223 e. The van der Waals surface area contributed by atoms with E-state index >= 15 is 0 Å². The number of rotatable bonds is 7. The minimum atomic E-state index is 0. The molecule has 164 valence electrons. The number of hydrogen-bond donors (Lipinski definition) is 3. The molecule has 0 aliphatic heterocycles. The number of benzene rings is 1. The molecule has 2 atom stereocenters. The van der Waals surface area contributed by atoms with Crippen LogP contribution in [0.2, 0.25) is 0 Å². The average Bonchev–Trinajstić information content (AvgIpc) is 2.67. The highest BCUT2D eigenvalue weighted by Crippen LogP contribution is 2.24. The summed E-state index contributed by atoms with van der Waals surface area (Å²) in [5, 5.41) is 9.92. The van der Waals surface area contributed by atoms with E-state index in [-0.39, 0.29) is 47.9 Å². The van der Waals surface area contributed by atoms with Gasteiger partial charge in [0.25, 0.3) is 0 Å². The van der Waals surface area contributed by atoms with Gasteiger partial charge in [0.2, 0.25) is 5.91 Å². The molecule has 0 spiro atoms. The Balaban J connectivity index is 0.00000420. The van der Waals surface area contributed by atoms with Crippen LogP contribution in [0.1, 0.15) is 57.6 Å². The molecule has 2 unspecified atom stereocenters. The van der Waals surface area contributed by atoms with E-state index in [1.807, 2.05) is 26.8 Å². The second kappa shape index (κ2) is 12.9. The topological polar surface area (TPSA) is 74.8 Å². The number of carbonyl (C=O) groups is 1.